The van der Waals surface area contributed by atoms with Crippen LogP contribution in [-0.2, 0) is 9.59 Å². The lowest BCUT2D eigenvalue weighted by Crippen LogP contribution is -2.32. The zero-order chi connectivity index (χ0) is 17.5. The third-order valence-corrected chi connectivity index (χ3v) is 2.94. The summed E-state index contributed by atoms with van der Waals surface area (Å²) in [5.41, 5.74) is 3.83. The molecule has 2 aromatic rings. The predicted molar refractivity (Wildman–Crippen MR) is 88.6 cm³/mol. The number of nitrogens with zero attached hydrogens (tertiary/aromatic N) is 2. The largest absolute Gasteiger partial charge is 0.329 e. The van der Waals surface area contributed by atoms with Crippen molar-refractivity contribution in [3.05, 3.63) is 69.8 Å². The number of carbonyl (C=O) groups is 2. The van der Waals surface area contributed by atoms with Gasteiger partial charge in [-0.3, -0.25) is 19.7 Å². The first-order valence-electron chi connectivity index (χ1n) is 6.91. The Morgan fingerprint density at radius 3 is 2.58 bits per heavy atom. The quantitative estimate of drug-likeness (QED) is 0.387. The van der Waals surface area contributed by atoms with Crippen LogP contribution in [0.1, 0.15) is 11.1 Å². The number of nitrogens with one attached hydrogen (secondary N) is 2. The van der Waals surface area contributed by atoms with Crippen molar-refractivity contribution in [2.75, 3.05) is 5.32 Å². The highest BCUT2D eigenvalue weighted by Gasteiger charge is 2.12. The fourth-order valence-corrected chi connectivity index (χ4v) is 1.85. The van der Waals surface area contributed by atoms with Crippen LogP contribution in [0.4, 0.5) is 11.4 Å². The van der Waals surface area contributed by atoms with E-state index in [0.717, 1.165) is 5.56 Å². The predicted octanol–water partition coefficient (Wildman–Crippen LogP) is 1.99. The second-order valence-electron chi connectivity index (χ2n) is 4.87. The van der Waals surface area contributed by atoms with E-state index in [4.69, 9.17) is 0 Å². The van der Waals surface area contributed by atoms with E-state index in [1.807, 2.05) is 13.0 Å². The van der Waals surface area contributed by atoms with E-state index in [1.54, 1.807) is 24.3 Å². The molecule has 0 atom stereocenters. The van der Waals surface area contributed by atoms with E-state index in [1.165, 1.54) is 24.4 Å². The van der Waals surface area contributed by atoms with Crippen molar-refractivity contribution < 1.29 is 14.5 Å². The van der Waals surface area contributed by atoms with Gasteiger partial charge in [-0.15, -0.1) is 0 Å². The molecule has 0 radical (unpaired) electrons. The van der Waals surface area contributed by atoms with Crippen molar-refractivity contribution in [2.24, 2.45) is 5.10 Å². The van der Waals surface area contributed by atoms with E-state index in [-0.39, 0.29) is 5.69 Å². The van der Waals surface area contributed by atoms with Gasteiger partial charge in [0.15, 0.2) is 0 Å². The van der Waals surface area contributed by atoms with Gasteiger partial charge in [0.2, 0.25) is 0 Å². The van der Waals surface area contributed by atoms with Crippen LogP contribution in [0.15, 0.2) is 53.6 Å². The Balaban J connectivity index is 1.93. The molecule has 2 amide bonds. The molecule has 0 unspecified atom stereocenters. The Kier molecular flexibility index (Phi) is 5.35. The van der Waals surface area contributed by atoms with Crippen LogP contribution in [0.5, 0.6) is 0 Å². The van der Waals surface area contributed by atoms with Crippen molar-refractivity contribution >= 4 is 29.4 Å². The molecule has 0 aromatic heterocycles. The lowest BCUT2D eigenvalue weighted by Gasteiger charge is -2.04. The molecule has 2 aromatic carbocycles. The maximum atomic E-state index is 11.7. The number of carbonyl (C=O) groups excluding carboxylic acids is 2. The topological polar surface area (TPSA) is 114 Å². The lowest BCUT2D eigenvalue weighted by atomic mass is 10.2. The number of nitro groups is 1. The van der Waals surface area contributed by atoms with E-state index in [0.29, 0.717) is 11.3 Å². The summed E-state index contributed by atoms with van der Waals surface area (Å²) < 4.78 is 0. The van der Waals surface area contributed by atoms with Crippen LogP contribution in [0.25, 0.3) is 0 Å². The number of nitro benzene ring substituents is 1. The molecule has 0 heterocycles. The Bertz CT molecular complexity index is 817. The number of benzene rings is 2. The monoisotopic (exact) mass is 326 g/mol. The molecule has 24 heavy (non-hydrogen) atoms. The van der Waals surface area contributed by atoms with Gasteiger partial charge in [-0.05, 0) is 24.6 Å². The normalized spacial score (nSPS) is 10.4. The molecule has 8 heteroatoms. The molecular formula is C16H14N4O4. The number of anilines is 1. The summed E-state index contributed by atoms with van der Waals surface area (Å²) >= 11 is 0. The average molecular weight is 326 g/mol. The summed E-state index contributed by atoms with van der Waals surface area (Å²) in [5, 5.41) is 16.7. The second-order valence-corrected chi connectivity index (χ2v) is 4.87. The third-order valence-electron chi connectivity index (χ3n) is 2.94. The summed E-state index contributed by atoms with van der Waals surface area (Å²) in [7, 11) is 0. The fraction of sp³-hybridized carbons (Fsp3) is 0.0625. The molecule has 0 spiro atoms. The molecule has 0 saturated heterocycles. The minimum absolute atomic E-state index is 0.0949. The van der Waals surface area contributed by atoms with Gasteiger partial charge < -0.3 is 5.32 Å². The van der Waals surface area contributed by atoms with Crippen LogP contribution < -0.4 is 10.7 Å². The van der Waals surface area contributed by atoms with Crippen molar-refractivity contribution in [2.45, 2.75) is 6.92 Å². The zero-order valence-corrected chi connectivity index (χ0v) is 12.7. The van der Waals surface area contributed by atoms with E-state index < -0.39 is 16.7 Å². The maximum absolute atomic E-state index is 11.7. The molecule has 0 aliphatic carbocycles. The van der Waals surface area contributed by atoms with Crippen LogP contribution in [-0.4, -0.2) is 23.0 Å². The number of rotatable bonds is 4. The van der Waals surface area contributed by atoms with Gasteiger partial charge >= 0.3 is 11.8 Å². The summed E-state index contributed by atoms with van der Waals surface area (Å²) in [4.78, 5) is 33.5. The molecule has 0 saturated carbocycles. The number of hydrogen-bond acceptors (Lipinski definition) is 5. The number of amides is 2. The number of non-ortho nitro benzene ring substituents is 1. The standard InChI is InChI=1S/C16H14N4O4/c1-11-4-2-6-13(8-11)18-15(21)16(22)19-17-10-12-5-3-7-14(9-12)20(23)24/h2-10H,1H3,(H,18,21)(H,19,22). The molecule has 2 N–H and O–H groups in total. The second kappa shape index (κ2) is 7.63. The minimum atomic E-state index is -0.946. The van der Waals surface area contributed by atoms with Crippen LogP contribution in [0, 0.1) is 17.0 Å². The molecule has 2 rings (SSSR count). The molecule has 0 fully saturated rings. The van der Waals surface area contributed by atoms with E-state index in [2.05, 4.69) is 15.8 Å². The summed E-state index contributed by atoms with van der Waals surface area (Å²) in [6, 6.07) is 12.7. The Hall–Kier alpha value is -3.55. The molecular weight excluding hydrogens is 312 g/mol. The molecule has 0 bridgehead atoms. The number of hydrazone groups is 1. The number of aryl methyl sites for hydroxylation is 1. The van der Waals surface area contributed by atoms with Gasteiger partial charge in [-0.25, -0.2) is 5.43 Å². The third kappa shape index (κ3) is 4.73. The Labute approximate surface area is 137 Å². The first kappa shape index (κ1) is 16.8. The van der Waals surface area contributed by atoms with Gasteiger partial charge in [0.05, 0.1) is 11.1 Å². The van der Waals surface area contributed by atoms with Crippen molar-refractivity contribution in [1.82, 2.24) is 5.43 Å². The van der Waals surface area contributed by atoms with Crippen LogP contribution >= 0.6 is 0 Å². The molecule has 122 valence electrons. The molecule has 0 aliphatic heterocycles. The van der Waals surface area contributed by atoms with E-state index >= 15 is 0 Å². The van der Waals surface area contributed by atoms with Gasteiger partial charge in [0.25, 0.3) is 5.69 Å². The summed E-state index contributed by atoms with van der Waals surface area (Å²) in [5.74, 6) is -1.81. The highest BCUT2D eigenvalue weighted by Crippen LogP contribution is 2.11. The van der Waals surface area contributed by atoms with Gasteiger partial charge in [-0.1, -0.05) is 24.3 Å². The lowest BCUT2D eigenvalue weighted by molar-refractivity contribution is -0.384. The smallest absolute Gasteiger partial charge is 0.318 e. The number of hydrogen-bond donors (Lipinski definition) is 2. The summed E-state index contributed by atoms with van der Waals surface area (Å²) in [6.07, 6.45) is 1.21. The SMILES string of the molecule is Cc1cccc(NC(=O)C(=O)NN=Cc2cccc([N+](=O)[O-])c2)c1. The minimum Gasteiger partial charge on any atom is -0.318 e. The molecule has 8 nitrogen and oxygen atoms in total. The highest BCUT2D eigenvalue weighted by atomic mass is 16.6. The first-order chi connectivity index (χ1) is 11.5. The van der Waals surface area contributed by atoms with Crippen LogP contribution in [0.3, 0.4) is 0 Å². The zero-order valence-electron chi connectivity index (χ0n) is 12.7. The van der Waals surface area contributed by atoms with Crippen molar-refractivity contribution in [3.63, 3.8) is 0 Å². The van der Waals surface area contributed by atoms with Crippen molar-refractivity contribution in [3.8, 4) is 0 Å². The maximum Gasteiger partial charge on any atom is 0.329 e. The Morgan fingerprint density at radius 2 is 1.88 bits per heavy atom. The molecule has 0 aliphatic rings. The van der Waals surface area contributed by atoms with Gasteiger partial charge in [0.1, 0.15) is 0 Å². The summed E-state index contributed by atoms with van der Waals surface area (Å²) in [6.45, 7) is 1.86. The highest BCUT2D eigenvalue weighted by molar-refractivity contribution is 6.39. The van der Waals surface area contributed by atoms with Gasteiger partial charge in [-0.2, -0.15) is 5.10 Å². The van der Waals surface area contributed by atoms with Gasteiger partial charge in [0, 0.05) is 23.4 Å². The van der Waals surface area contributed by atoms with E-state index in [9.17, 15) is 19.7 Å². The fourth-order valence-electron chi connectivity index (χ4n) is 1.85. The Morgan fingerprint density at radius 1 is 1.12 bits per heavy atom. The average Bonchev–Trinajstić information content (AvgIpc) is 2.55. The van der Waals surface area contributed by atoms with Crippen molar-refractivity contribution in [1.29, 1.82) is 0 Å². The van der Waals surface area contributed by atoms with Crippen LogP contribution in [0.2, 0.25) is 0 Å². The first-order valence-corrected chi connectivity index (χ1v) is 6.91.